The summed E-state index contributed by atoms with van der Waals surface area (Å²) in [6, 6.07) is 10.9. The first-order valence-electron chi connectivity index (χ1n) is 6.91. The summed E-state index contributed by atoms with van der Waals surface area (Å²) in [7, 11) is 0. The van der Waals surface area contributed by atoms with Crippen LogP contribution in [0.25, 0.3) is 0 Å². The number of rotatable bonds is 4. The van der Waals surface area contributed by atoms with E-state index < -0.39 is 0 Å². The molecule has 0 amide bonds. The number of halogens is 1. The molecule has 2 aromatic rings. The molecule has 2 unspecified atom stereocenters. The maximum Gasteiger partial charge on any atom is 0.122 e. The minimum Gasteiger partial charge on any atom is -0.493 e. The molecule has 1 aliphatic rings. The number of fused-ring (bicyclic) bond motifs is 1. The van der Waals surface area contributed by atoms with Gasteiger partial charge >= 0.3 is 0 Å². The van der Waals surface area contributed by atoms with E-state index in [0.717, 1.165) is 18.9 Å². The zero-order valence-electron chi connectivity index (χ0n) is 11.7. The average molecular weight is 352 g/mol. The Labute approximate surface area is 132 Å². The molecule has 0 saturated heterocycles. The van der Waals surface area contributed by atoms with Gasteiger partial charge in [0.05, 0.1) is 10.4 Å². The molecule has 3 rings (SSSR count). The van der Waals surface area contributed by atoms with Gasteiger partial charge in [0.2, 0.25) is 0 Å². The van der Waals surface area contributed by atoms with Crippen LogP contribution in [0.2, 0.25) is 0 Å². The molecular weight excluding hydrogens is 334 g/mol. The van der Waals surface area contributed by atoms with E-state index in [1.807, 2.05) is 6.07 Å². The van der Waals surface area contributed by atoms with Crippen LogP contribution in [0.15, 0.2) is 34.1 Å². The van der Waals surface area contributed by atoms with E-state index in [2.05, 4.69) is 59.4 Å². The van der Waals surface area contributed by atoms with Crippen molar-refractivity contribution in [3.63, 3.8) is 0 Å². The van der Waals surface area contributed by atoms with Crippen LogP contribution >= 0.6 is 27.3 Å². The molecule has 2 nitrogen and oxygen atoms in total. The Morgan fingerprint density at radius 2 is 2.25 bits per heavy atom. The van der Waals surface area contributed by atoms with Crippen molar-refractivity contribution in [1.82, 2.24) is 5.32 Å². The van der Waals surface area contributed by atoms with Crippen molar-refractivity contribution < 1.29 is 4.74 Å². The van der Waals surface area contributed by atoms with E-state index in [0.29, 0.717) is 12.0 Å². The summed E-state index contributed by atoms with van der Waals surface area (Å²) >= 11 is 5.40. The van der Waals surface area contributed by atoms with Gasteiger partial charge in [0.25, 0.3) is 0 Å². The highest BCUT2D eigenvalue weighted by Crippen LogP contribution is 2.43. The molecule has 2 atom stereocenters. The van der Waals surface area contributed by atoms with Gasteiger partial charge < -0.3 is 10.1 Å². The number of para-hydroxylation sites is 1. The summed E-state index contributed by atoms with van der Waals surface area (Å²) < 4.78 is 7.05. The molecule has 1 aromatic heterocycles. The van der Waals surface area contributed by atoms with Crippen LogP contribution in [0.3, 0.4) is 0 Å². The maximum absolute atomic E-state index is 5.86. The Kier molecular flexibility index (Phi) is 4.15. The molecule has 4 heteroatoms. The van der Waals surface area contributed by atoms with Gasteiger partial charge in [-0.1, -0.05) is 25.1 Å². The lowest BCUT2D eigenvalue weighted by Gasteiger charge is -2.24. The SMILES string of the molecule is CCNC(c1cc(Br)sc1C)C1COc2ccccc21. The first-order chi connectivity index (χ1) is 9.70. The van der Waals surface area contributed by atoms with Crippen molar-refractivity contribution in [1.29, 1.82) is 0 Å². The molecule has 0 spiro atoms. The lowest BCUT2D eigenvalue weighted by Crippen LogP contribution is -2.28. The Balaban J connectivity index is 1.98. The number of ether oxygens (including phenoxy) is 1. The van der Waals surface area contributed by atoms with Crippen molar-refractivity contribution in [2.75, 3.05) is 13.2 Å². The molecule has 0 aliphatic carbocycles. The largest absolute Gasteiger partial charge is 0.493 e. The standard InChI is InChI=1S/C16H18BrNOS/c1-3-18-16(12-8-15(17)20-10(12)2)13-9-19-14-7-5-4-6-11(13)14/h4-8,13,16,18H,3,9H2,1-2H3. The van der Waals surface area contributed by atoms with Gasteiger partial charge in [0.15, 0.2) is 0 Å². The molecule has 1 aromatic carbocycles. The third-order valence-electron chi connectivity index (χ3n) is 3.82. The summed E-state index contributed by atoms with van der Waals surface area (Å²) in [5.41, 5.74) is 2.70. The van der Waals surface area contributed by atoms with Crippen molar-refractivity contribution in [2.45, 2.75) is 25.8 Å². The van der Waals surface area contributed by atoms with Crippen LogP contribution in [0.5, 0.6) is 5.75 Å². The van der Waals surface area contributed by atoms with Crippen LogP contribution in [-0.2, 0) is 0 Å². The summed E-state index contributed by atoms with van der Waals surface area (Å²) in [6.45, 7) is 6.06. The lowest BCUT2D eigenvalue weighted by molar-refractivity contribution is 0.301. The van der Waals surface area contributed by atoms with E-state index >= 15 is 0 Å². The van der Waals surface area contributed by atoms with Gasteiger partial charge in [-0.05, 0) is 47.1 Å². The third-order valence-corrected chi connectivity index (χ3v) is 5.39. The van der Waals surface area contributed by atoms with Crippen LogP contribution in [0.4, 0.5) is 0 Å². The molecule has 0 fully saturated rings. The van der Waals surface area contributed by atoms with E-state index in [1.165, 1.54) is 19.8 Å². The number of nitrogens with one attached hydrogen (secondary N) is 1. The highest BCUT2D eigenvalue weighted by atomic mass is 79.9. The fourth-order valence-corrected chi connectivity index (χ4v) is 4.68. The normalized spacial score (nSPS) is 18.6. The second-order valence-electron chi connectivity index (χ2n) is 5.05. The fraction of sp³-hybridized carbons (Fsp3) is 0.375. The highest BCUT2D eigenvalue weighted by Gasteiger charge is 2.33. The third kappa shape index (κ3) is 2.52. The average Bonchev–Trinajstić information content (AvgIpc) is 3.00. The smallest absolute Gasteiger partial charge is 0.122 e. The van der Waals surface area contributed by atoms with E-state index in [9.17, 15) is 0 Å². The summed E-state index contributed by atoms with van der Waals surface area (Å²) in [5.74, 6) is 1.42. The van der Waals surface area contributed by atoms with Gasteiger partial charge in [0, 0.05) is 22.4 Å². The number of hydrogen-bond donors (Lipinski definition) is 1. The number of aryl methyl sites for hydroxylation is 1. The lowest BCUT2D eigenvalue weighted by atomic mass is 9.89. The quantitative estimate of drug-likeness (QED) is 0.865. The summed E-state index contributed by atoms with van der Waals surface area (Å²) in [6.07, 6.45) is 0. The molecule has 1 aliphatic heterocycles. The van der Waals surface area contributed by atoms with Gasteiger partial charge in [-0.25, -0.2) is 0 Å². The molecule has 0 radical (unpaired) electrons. The predicted octanol–water partition coefficient (Wildman–Crippen LogP) is 4.65. The second kappa shape index (κ2) is 5.88. The number of hydrogen-bond acceptors (Lipinski definition) is 3. The van der Waals surface area contributed by atoms with Crippen molar-refractivity contribution in [3.05, 3.63) is 50.1 Å². The van der Waals surface area contributed by atoms with Crippen molar-refractivity contribution >= 4 is 27.3 Å². The number of thiophene rings is 1. The molecular formula is C16H18BrNOS. The Morgan fingerprint density at radius 1 is 1.45 bits per heavy atom. The minimum absolute atomic E-state index is 0.311. The van der Waals surface area contributed by atoms with Gasteiger partial charge in [-0.3, -0.25) is 0 Å². The van der Waals surface area contributed by atoms with Crippen molar-refractivity contribution in [3.8, 4) is 5.75 Å². The molecule has 0 bridgehead atoms. The molecule has 106 valence electrons. The monoisotopic (exact) mass is 351 g/mol. The number of likely N-dealkylation sites (N-methyl/N-ethyl adjacent to an activating group) is 1. The van der Waals surface area contributed by atoms with Crippen molar-refractivity contribution in [2.24, 2.45) is 0 Å². The first kappa shape index (κ1) is 14.1. The topological polar surface area (TPSA) is 21.3 Å². The van der Waals surface area contributed by atoms with E-state index in [1.54, 1.807) is 11.3 Å². The molecule has 0 saturated carbocycles. The fourth-order valence-electron chi connectivity index (χ4n) is 2.92. The molecule has 20 heavy (non-hydrogen) atoms. The Hall–Kier alpha value is -0.840. The summed E-state index contributed by atoms with van der Waals surface area (Å²) in [4.78, 5) is 1.37. The van der Waals surface area contributed by atoms with Crippen LogP contribution < -0.4 is 10.1 Å². The van der Waals surface area contributed by atoms with Gasteiger partial charge in [-0.2, -0.15) is 0 Å². The predicted molar refractivity (Wildman–Crippen MR) is 87.9 cm³/mol. The Morgan fingerprint density at radius 3 is 2.95 bits per heavy atom. The first-order valence-corrected chi connectivity index (χ1v) is 8.52. The minimum atomic E-state index is 0.311. The van der Waals surface area contributed by atoms with Crippen LogP contribution in [0, 0.1) is 6.92 Å². The summed E-state index contributed by atoms with van der Waals surface area (Å²) in [5, 5.41) is 3.64. The highest BCUT2D eigenvalue weighted by molar-refractivity contribution is 9.11. The van der Waals surface area contributed by atoms with E-state index in [4.69, 9.17) is 4.74 Å². The van der Waals surface area contributed by atoms with Gasteiger partial charge in [0.1, 0.15) is 5.75 Å². The molecule has 2 heterocycles. The maximum atomic E-state index is 5.86. The Bertz CT molecular complexity index is 610. The molecule has 1 N–H and O–H groups in total. The van der Waals surface area contributed by atoms with Gasteiger partial charge in [-0.15, -0.1) is 11.3 Å². The van der Waals surface area contributed by atoms with Crippen LogP contribution in [-0.4, -0.2) is 13.2 Å². The number of benzene rings is 1. The second-order valence-corrected chi connectivity index (χ2v) is 7.69. The zero-order valence-corrected chi connectivity index (χ0v) is 14.1. The van der Waals surface area contributed by atoms with E-state index in [-0.39, 0.29) is 0 Å². The van der Waals surface area contributed by atoms with Crippen LogP contribution in [0.1, 0.15) is 34.9 Å². The zero-order chi connectivity index (χ0) is 14.1.